The highest BCUT2D eigenvalue weighted by molar-refractivity contribution is 5.89. The molecule has 0 radical (unpaired) electrons. The largest absolute Gasteiger partial charge is 0.459 e. The van der Waals surface area contributed by atoms with Crippen molar-refractivity contribution in [3.05, 3.63) is 58.5 Å². The predicted molar refractivity (Wildman–Crippen MR) is 79.6 cm³/mol. The van der Waals surface area contributed by atoms with Gasteiger partial charge in [0.1, 0.15) is 18.8 Å². The number of carbonyl (C=O) groups is 1. The number of aromatic nitrogens is 2. The summed E-state index contributed by atoms with van der Waals surface area (Å²) in [7, 11) is 0. The number of aliphatic hydroxyl groups is 1. The van der Waals surface area contributed by atoms with Crippen molar-refractivity contribution in [2.75, 3.05) is 6.61 Å². The second kappa shape index (κ2) is 5.73. The maximum Gasteiger partial charge on any atom is 0.338 e. The standard InChI is InChI=1S/C16H14N2O6/c19-11-6-7-18-14-13(24-16(18)17-11)12(20)10(23-14)8-22-15(21)9-4-2-1-3-5-9/h1-7,10,12-14,20H,8H2/t10-,12+,13-,14-/m1/s1. The zero-order chi connectivity index (χ0) is 16.7. The Labute approximate surface area is 136 Å². The highest BCUT2D eigenvalue weighted by atomic mass is 16.6. The zero-order valence-electron chi connectivity index (χ0n) is 12.4. The molecule has 0 saturated carbocycles. The van der Waals surface area contributed by atoms with Crippen LogP contribution in [0.2, 0.25) is 0 Å². The fraction of sp³-hybridized carbons (Fsp3) is 0.312. The molecule has 2 aromatic rings. The van der Waals surface area contributed by atoms with Crippen molar-refractivity contribution in [1.29, 1.82) is 0 Å². The number of aliphatic hydroxyl groups excluding tert-OH is 1. The molecule has 1 saturated heterocycles. The fourth-order valence-corrected chi connectivity index (χ4v) is 2.82. The molecule has 124 valence electrons. The molecule has 0 aliphatic carbocycles. The van der Waals surface area contributed by atoms with Crippen LogP contribution in [0, 0.1) is 0 Å². The van der Waals surface area contributed by atoms with Gasteiger partial charge in [0.15, 0.2) is 12.3 Å². The van der Waals surface area contributed by atoms with Crippen molar-refractivity contribution in [2.45, 2.75) is 24.5 Å². The van der Waals surface area contributed by atoms with E-state index in [2.05, 4.69) is 4.98 Å². The van der Waals surface area contributed by atoms with Crippen LogP contribution in [0.25, 0.3) is 0 Å². The normalized spacial score (nSPS) is 27.2. The topological polar surface area (TPSA) is 99.9 Å². The summed E-state index contributed by atoms with van der Waals surface area (Å²) in [4.78, 5) is 26.9. The summed E-state index contributed by atoms with van der Waals surface area (Å²) >= 11 is 0. The molecule has 0 spiro atoms. The average molecular weight is 330 g/mol. The second-order valence-electron chi connectivity index (χ2n) is 5.56. The quantitative estimate of drug-likeness (QED) is 0.798. The molecule has 1 aromatic carbocycles. The Bertz CT molecular complexity index is 821. The zero-order valence-corrected chi connectivity index (χ0v) is 12.4. The van der Waals surface area contributed by atoms with Crippen molar-refractivity contribution in [2.24, 2.45) is 0 Å². The van der Waals surface area contributed by atoms with E-state index < -0.39 is 36.1 Å². The summed E-state index contributed by atoms with van der Waals surface area (Å²) in [6.45, 7) is -0.103. The van der Waals surface area contributed by atoms with E-state index in [0.29, 0.717) is 5.56 Å². The van der Waals surface area contributed by atoms with Crippen LogP contribution in [0.5, 0.6) is 6.01 Å². The molecule has 8 nitrogen and oxygen atoms in total. The molecule has 24 heavy (non-hydrogen) atoms. The third kappa shape index (κ3) is 2.45. The lowest BCUT2D eigenvalue weighted by Gasteiger charge is -2.17. The summed E-state index contributed by atoms with van der Waals surface area (Å²) in [5, 5.41) is 10.3. The maximum absolute atomic E-state index is 11.9. The van der Waals surface area contributed by atoms with Crippen LogP contribution in [0.1, 0.15) is 16.6 Å². The van der Waals surface area contributed by atoms with E-state index >= 15 is 0 Å². The van der Waals surface area contributed by atoms with E-state index in [1.165, 1.54) is 16.8 Å². The third-order valence-electron chi connectivity index (χ3n) is 4.02. The van der Waals surface area contributed by atoms with Crippen LogP contribution in [0.3, 0.4) is 0 Å². The van der Waals surface area contributed by atoms with Gasteiger partial charge in [-0.2, -0.15) is 4.98 Å². The summed E-state index contributed by atoms with van der Waals surface area (Å²) in [6, 6.07) is 9.95. The van der Waals surface area contributed by atoms with Crippen molar-refractivity contribution < 1.29 is 24.1 Å². The Hall–Kier alpha value is -2.71. The van der Waals surface area contributed by atoms with Crippen molar-refractivity contribution in [3.63, 3.8) is 0 Å². The average Bonchev–Trinajstić information content (AvgIpc) is 3.09. The molecule has 8 heteroatoms. The molecular formula is C16H14N2O6. The van der Waals surface area contributed by atoms with Gasteiger partial charge in [-0.1, -0.05) is 18.2 Å². The summed E-state index contributed by atoms with van der Waals surface area (Å²) in [5.74, 6) is -0.491. The highest BCUT2D eigenvalue weighted by Crippen LogP contribution is 2.38. The molecule has 2 aliphatic rings. The van der Waals surface area contributed by atoms with E-state index in [-0.39, 0.29) is 12.6 Å². The van der Waals surface area contributed by atoms with Crippen LogP contribution < -0.4 is 10.3 Å². The maximum atomic E-state index is 11.9. The smallest absolute Gasteiger partial charge is 0.338 e. The van der Waals surface area contributed by atoms with E-state index in [1.807, 2.05) is 0 Å². The number of hydrogen-bond acceptors (Lipinski definition) is 7. The number of rotatable bonds is 3. The van der Waals surface area contributed by atoms with Crippen molar-refractivity contribution in [3.8, 4) is 6.01 Å². The Morgan fingerprint density at radius 2 is 2.08 bits per heavy atom. The van der Waals surface area contributed by atoms with Gasteiger partial charge in [-0.05, 0) is 12.1 Å². The molecule has 4 rings (SSSR count). The van der Waals surface area contributed by atoms with Gasteiger partial charge < -0.3 is 19.3 Å². The van der Waals surface area contributed by atoms with Gasteiger partial charge in [-0.15, -0.1) is 0 Å². The lowest BCUT2D eigenvalue weighted by atomic mass is 10.1. The number of carbonyl (C=O) groups excluding carboxylic acids is 1. The number of nitrogens with zero attached hydrogens (tertiary/aromatic N) is 2. The molecule has 0 bridgehead atoms. The first-order valence-corrected chi connectivity index (χ1v) is 7.45. The number of benzene rings is 1. The van der Waals surface area contributed by atoms with Crippen LogP contribution in [0.4, 0.5) is 0 Å². The van der Waals surface area contributed by atoms with E-state index in [0.717, 1.165) is 0 Å². The van der Waals surface area contributed by atoms with Gasteiger partial charge in [-0.25, -0.2) is 4.79 Å². The molecule has 1 aromatic heterocycles. The number of ether oxygens (including phenoxy) is 3. The minimum atomic E-state index is -1.00. The number of fused-ring (bicyclic) bond motifs is 3. The SMILES string of the molecule is O=C(OC[C@H]1O[C@@H]2[C@H](Oc3nc(=O)ccn32)[C@H]1O)c1ccccc1. The molecule has 0 unspecified atom stereocenters. The molecular weight excluding hydrogens is 316 g/mol. The molecule has 1 fully saturated rings. The van der Waals surface area contributed by atoms with E-state index in [9.17, 15) is 14.7 Å². The predicted octanol–water partition coefficient (Wildman–Crippen LogP) is 0.120. The van der Waals surface area contributed by atoms with Gasteiger partial charge in [0.05, 0.1) is 5.56 Å². The lowest BCUT2D eigenvalue weighted by Crippen LogP contribution is -2.36. The van der Waals surface area contributed by atoms with Gasteiger partial charge in [0.25, 0.3) is 5.56 Å². The Balaban J connectivity index is 1.43. The minimum absolute atomic E-state index is 0.103. The Kier molecular flexibility index (Phi) is 3.55. The Morgan fingerprint density at radius 3 is 2.88 bits per heavy atom. The summed E-state index contributed by atoms with van der Waals surface area (Å²) in [6.07, 6.45) is -1.53. The van der Waals surface area contributed by atoms with Gasteiger partial charge in [-0.3, -0.25) is 9.36 Å². The highest BCUT2D eigenvalue weighted by Gasteiger charge is 2.51. The van der Waals surface area contributed by atoms with Gasteiger partial charge in [0, 0.05) is 12.3 Å². The van der Waals surface area contributed by atoms with Crippen LogP contribution in [-0.4, -0.2) is 45.5 Å². The molecule has 3 heterocycles. The summed E-state index contributed by atoms with van der Waals surface area (Å²) < 4.78 is 17.9. The monoisotopic (exact) mass is 330 g/mol. The van der Waals surface area contributed by atoms with Crippen molar-refractivity contribution in [1.82, 2.24) is 9.55 Å². The molecule has 2 aliphatic heterocycles. The van der Waals surface area contributed by atoms with Gasteiger partial charge in [0.2, 0.25) is 0 Å². The Morgan fingerprint density at radius 1 is 1.29 bits per heavy atom. The number of hydrogen-bond donors (Lipinski definition) is 1. The first kappa shape index (κ1) is 14.9. The minimum Gasteiger partial charge on any atom is -0.459 e. The lowest BCUT2D eigenvalue weighted by molar-refractivity contribution is -0.0512. The molecule has 0 amide bonds. The first-order valence-electron chi connectivity index (χ1n) is 7.45. The molecule has 4 atom stereocenters. The van der Waals surface area contributed by atoms with Crippen molar-refractivity contribution >= 4 is 5.97 Å². The van der Waals surface area contributed by atoms with Crippen LogP contribution in [-0.2, 0) is 9.47 Å². The van der Waals surface area contributed by atoms with Crippen LogP contribution in [0.15, 0.2) is 47.4 Å². The fourth-order valence-electron chi connectivity index (χ4n) is 2.82. The van der Waals surface area contributed by atoms with Gasteiger partial charge >= 0.3 is 12.0 Å². The molecule has 1 N–H and O–H groups in total. The second-order valence-corrected chi connectivity index (χ2v) is 5.56. The third-order valence-corrected chi connectivity index (χ3v) is 4.02. The first-order chi connectivity index (χ1) is 11.6. The van der Waals surface area contributed by atoms with Crippen LogP contribution >= 0.6 is 0 Å². The summed E-state index contributed by atoms with van der Waals surface area (Å²) in [5.41, 5.74) is -0.00242. The van der Waals surface area contributed by atoms with E-state index in [4.69, 9.17) is 14.2 Å². The number of esters is 1. The van der Waals surface area contributed by atoms with E-state index in [1.54, 1.807) is 30.3 Å².